The van der Waals surface area contributed by atoms with E-state index in [0.717, 1.165) is 18.4 Å². The largest absolute Gasteiger partial charge is 0.459 e. The minimum atomic E-state index is -0.588. The quantitative estimate of drug-likeness (QED) is 0.737. The molecule has 1 saturated carbocycles. The van der Waals surface area contributed by atoms with Crippen LogP contribution in [0.5, 0.6) is 0 Å². The number of rotatable bonds is 5. The predicted molar refractivity (Wildman–Crippen MR) is 99.5 cm³/mol. The third-order valence-electron chi connectivity index (χ3n) is 5.45. The average Bonchev–Trinajstić information content (AvgIpc) is 3.38. The molecule has 1 aliphatic carbocycles. The number of furan rings is 1. The van der Waals surface area contributed by atoms with Crippen LogP contribution in [0.25, 0.3) is 0 Å². The molecule has 0 unspecified atom stereocenters. The topological polar surface area (TPSA) is 80.1 Å². The SMILES string of the molecule is O=C(COC(=O)C1(c2ccccc2)CC1)N1CCN(C(=O)c2ccco2)CC1. The zero-order valence-electron chi connectivity index (χ0n) is 15.5. The van der Waals surface area contributed by atoms with Crippen molar-refractivity contribution in [1.82, 2.24) is 9.80 Å². The second-order valence-corrected chi connectivity index (χ2v) is 7.17. The van der Waals surface area contributed by atoms with Gasteiger partial charge in [-0.15, -0.1) is 0 Å². The molecule has 4 rings (SSSR count). The first-order chi connectivity index (χ1) is 13.6. The average molecular weight is 382 g/mol. The van der Waals surface area contributed by atoms with Crippen LogP contribution in [0, 0.1) is 0 Å². The van der Waals surface area contributed by atoms with Crippen LogP contribution in [0.3, 0.4) is 0 Å². The van der Waals surface area contributed by atoms with Crippen LogP contribution < -0.4 is 0 Å². The van der Waals surface area contributed by atoms with E-state index < -0.39 is 5.41 Å². The number of benzene rings is 1. The van der Waals surface area contributed by atoms with E-state index in [1.54, 1.807) is 21.9 Å². The van der Waals surface area contributed by atoms with Crippen LogP contribution in [0.2, 0.25) is 0 Å². The van der Waals surface area contributed by atoms with Gasteiger partial charge in [0, 0.05) is 26.2 Å². The van der Waals surface area contributed by atoms with Crippen LogP contribution in [0.4, 0.5) is 0 Å². The van der Waals surface area contributed by atoms with Crippen molar-refractivity contribution in [2.24, 2.45) is 0 Å². The van der Waals surface area contributed by atoms with Crippen LogP contribution in [-0.2, 0) is 19.7 Å². The molecule has 1 aliphatic heterocycles. The smallest absolute Gasteiger partial charge is 0.317 e. The van der Waals surface area contributed by atoms with E-state index in [9.17, 15) is 14.4 Å². The Morgan fingerprint density at radius 1 is 0.929 bits per heavy atom. The van der Waals surface area contributed by atoms with E-state index in [1.165, 1.54) is 6.26 Å². The molecule has 7 nitrogen and oxygen atoms in total. The van der Waals surface area contributed by atoms with Crippen molar-refractivity contribution in [1.29, 1.82) is 0 Å². The summed E-state index contributed by atoms with van der Waals surface area (Å²) in [6, 6.07) is 12.8. The summed E-state index contributed by atoms with van der Waals surface area (Å²) in [5, 5.41) is 0. The van der Waals surface area contributed by atoms with E-state index in [-0.39, 0.29) is 24.4 Å². The monoisotopic (exact) mass is 382 g/mol. The molecular formula is C21H22N2O5. The first-order valence-electron chi connectivity index (χ1n) is 9.43. The number of carbonyl (C=O) groups excluding carboxylic acids is 3. The fourth-order valence-electron chi connectivity index (χ4n) is 3.56. The Kier molecular flexibility index (Phi) is 4.90. The summed E-state index contributed by atoms with van der Waals surface area (Å²) < 4.78 is 10.5. The fraction of sp³-hybridized carbons (Fsp3) is 0.381. The van der Waals surface area contributed by atoms with Crippen LogP contribution >= 0.6 is 0 Å². The van der Waals surface area contributed by atoms with Crippen LogP contribution in [0.15, 0.2) is 53.1 Å². The van der Waals surface area contributed by atoms with Gasteiger partial charge < -0.3 is 19.0 Å². The van der Waals surface area contributed by atoms with Gasteiger partial charge >= 0.3 is 5.97 Å². The Hall–Kier alpha value is -3.09. The first kappa shape index (κ1) is 18.3. The van der Waals surface area contributed by atoms with Crippen molar-refractivity contribution >= 4 is 17.8 Å². The Morgan fingerprint density at radius 3 is 2.21 bits per heavy atom. The highest BCUT2D eigenvalue weighted by Gasteiger charge is 2.52. The summed E-state index contributed by atoms with van der Waals surface area (Å²) in [7, 11) is 0. The van der Waals surface area contributed by atoms with Gasteiger partial charge in [0.25, 0.3) is 11.8 Å². The van der Waals surface area contributed by atoms with Crippen LogP contribution in [-0.4, -0.2) is 60.4 Å². The molecule has 1 aromatic carbocycles. The summed E-state index contributed by atoms with van der Waals surface area (Å²) in [6.45, 7) is 1.40. The van der Waals surface area contributed by atoms with Gasteiger partial charge in [0.05, 0.1) is 11.7 Å². The molecule has 0 spiro atoms. The van der Waals surface area contributed by atoms with Gasteiger partial charge in [-0.05, 0) is 30.5 Å². The van der Waals surface area contributed by atoms with Crippen molar-refractivity contribution < 1.29 is 23.5 Å². The minimum absolute atomic E-state index is 0.179. The molecule has 0 bridgehead atoms. The number of amides is 2. The zero-order chi connectivity index (χ0) is 19.6. The van der Waals surface area contributed by atoms with E-state index in [2.05, 4.69) is 0 Å². The summed E-state index contributed by atoms with van der Waals surface area (Å²) in [6.07, 6.45) is 2.96. The summed E-state index contributed by atoms with van der Waals surface area (Å²) in [5.41, 5.74) is 0.355. The lowest BCUT2D eigenvalue weighted by Crippen LogP contribution is -2.51. The Balaban J connectivity index is 1.26. The molecular weight excluding hydrogens is 360 g/mol. The number of ether oxygens (including phenoxy) is 1. The lowest BCUT2D eigenvalue weighted by Gasteiger charge is -2.34. The van der Waals surface area contributed by atoms with Crippen molar-refractivity contribution in [2.75, 3.05) is 32.8 Å². The van der Waals surface area contributed by atoms with Gasteiger partial charge in [0.1, 0.15) is 0 Å². The van der Waals surface area contributed by atoms with Crippen molar-refractivity contribution in [3.63, 3.8) is 0 Å². The van der Waals surface area contributed by atoms with Crippen molar-refractivity contribution in [3.8, 4) is 0 Å². The van der Waals surface area contributed by atoms with E-state index >= 15 is 0 Å². The molecule has 2 aliphatic rings. The molecule has 2 fully saturated rings. The lowest BCUT2D eigenvalue weighted by molar-refractivity contribution is -0.154. The highest BCUT2D eigenvalue weighted by Crippen LogP contribution is 2.49. The van der Waals surface area contributed by atoms with Gasteiger partial charge in [-0.3, -0.25) is 14.4 Å². The van der Waals surface area contributed by atoms with Gasteiger partial charge in [0.2, 0.25) is 0 Å². The second kappa shape index (κ2) is 7.50. The van der Waals surface area contributed by atoms with Gasteiger partial charge in [0.15, 0.2) is 12.4 Å². The Morgan fingerprint density at radius 2 is 1.61 bits per heavy atom. The maximum atomic E-state index is 12.5. The summed E-state index contributed by atoms with van der Waals surface area (Å²) in [4.78, 5) is 40.5. The molecule has 146 valence electrons. The third-order valence-corrected chi connectivity index (χ3v) is 5.45. The molecule has 1 aromatic heterocycles. The van der Waals surface area contributed by atoms with Crippen LogP contribution in [0.1, 0.15) is 29.0 Å². The van der Waals surface area contributed by atoms with E-state index in [1.807, 2.05) is 30.3 Å². The second-order valence-electron chi connectivity index (χ2n) is 7.17. The van der Waals surface area contributed by atoms with Gasteiger partial charge in [-0.1, -0.05) is 30.3 Å². The number of piperazine rings is 1. The van der Waals surface area contributed by atoms with Crippen molar-refractivity contribution in [2.45, 2.75) is 18.3 Å². The molecule has 28 heavy (non-hydrogen) atoms. The Bertz CT molecular complexity index is 850. The highest BCUT2D eigenvalue weighted by atomic mass is 16.5. The normalized spacial score (nSPS) is 17.9. The van der Waals surface area contributed by atoms with Gasteiger partial charge in [-0.25, -0.2) is 0 Å². The number of esters is 1. The van der Waals surface area contributed by atoms with Gasteiger partial charge in [-0.2, -0.15) is 0 Å². The molecule has 0 radical (unpaired) electrons. The van der Waals surface area contributed by atoms with E-state index in [4.69, 9.17) is 9.15 Å². The molecule has 2 heterocycles. The summed E-state index contributed by atoms with van der Waals surface area (Å²) >= 11 is 0. The third kappa shape index (κ3) is 3.52. The predicted octanol–water partition coefficient (Wildman–Crippen LogP) is 1.84. The number of hydrogen-bond acceptors (Lipinski definition) is 5. The maximum Gasteiger partial charge on any atom is 0.317 e. The molecule has 0 atom stereocenters. The number of hydrogen-bond donors (Lipinski definition) is 0. The Labute approximate surface area is 162 Å². The minimum Gasteiger partial charge on any atom is -0.459 e. The maximum absolute atomic E-state index is 12.5. The fourth-order valence-corrected chi connectivity index (χ4v) is 3.56. The molecule has 1 saturated heterocycles. The highest BCUT2D eigenvalue weighted by molar-refractivity contribution is 5.92. The standard InChI is InChI=1S/C21H22N2O5/c24-18(15-28-20(26)21(8-9-21)16-5-2-1-3-6-16)22-10-12-23(13-11-22)19(25)17-7-4-14-27-17/h1-7,14H,8-13,15H2. The first-order valence-corrected chi connectivity index (χ1v) is 9.43. The number of nitrogens with zero attached hydrogens (tertiary/aromatic N) is 2. The molecule has 2 aromatic rings. The zero-order valence-corrected chi connectivity index (χ0v) is 15.5. The van der Waals surface area contributed by atoms with E-state index in [0.29, 0.717) is 31.9 Å². The molecule has 2 amide bonds. The lowest BCUT2D eigenvalue weighted by atomic mass is 9.96. The van der Waals surface area contributed by atoms with Crippen molar-refractivity contribution in [3.05, 3.63) is 60.1 Å². The number of carbonyl (C=O) groups is 3. The summed E-state index contributed by atoms with van der Waals surface area (Å²) in [5.74, 6) is -0.451. The molecule has 7 heteroatoms. The molecule has 0 N–H and O–H groups in total.